The van der Waals surface area contributed by atoms with Crippen molar-refractivity contribution < 1.29 is 0 Å². The molecule has 1 saturated heterocycles. The molecule has 1 N–H and O–H groups in total. The van der Waals surface area contributed by atoms with Crippen molar-refractivity contribution >= 4 is 5.69 Å². The minimum atomic E-state index is 0.800. The minimum absolute atomic E-state index is 0.800. The van der Waals surface area contributed by atoms with E-state index in [1.54, 1.807) is 0 Å². The Kier molecular flexibility index (Phi) is 6.04. The zero-order chi connectivity index (χ0) is 15.1. The van der Waals surface area contributed by atoms with Gasteiger partial charge in [-0.3, -0.25) is 4.90 Å². The van der Waals surface area contributed by atoms with Crippen molar-refractivity contribution in [2.24, 2.45) is 0 Å². The van der Waals surface area contributed by atoms with Crippen LogP contribution in [-0.4, -0.2) is 44.2 Å². The van der Waals surface area contributed by atoms with Gasteiger partial charge in [0, 0.05) is 32.7 Å². The van der Waals surface area contributed by atoms with Crippen LogP contribution in [0, 0.1) is 11.3 Å². The summed E-state index contributed by atoms with van der Waals surface area (Å²) >= 11 is 0. The first-order valence-electron chi connectivity index (χ1n) is 7.99. The number of rotatable bonds is 6. The molecule has 0 atom stereocenters. The fourth-order valence-corrected chi connectivity index (χ4v) is 2.86. The molecule has 4 nitrogen and oxygen atoms in total. The zero-order valence-corrected chi connectivity index (χ0v) is 13.2. The molecular weight excluding hydrogens is 260 g/mol. The van der Waals surface area contributed by atoms with Gasteiger partial charge in [-0.05, 0) is 37.2 Å². The van der Waals surface area contributed by atoms with Crippen LogP contribution in [0.2, 0.25) is 0 Å². The van der Waals surface area contributed by atoms with Crippen LogP contribution in [0.1, 0.15) is 31.4 Å². The van der Waals surface area contributed by atoms with Gasteiger partial charge in [0.25, 0.3) is 0 Å². The van der Waals surface area contributed by atoms with E-state index in [4.69, 9.17) is 0 Å². The van der Waals surface area contributed by atoms with Crippen LogP contribution in [0.5, 0.6) is 0 Å². The van der Waals surface area contributed by atoms with Gasteiger partial charge in [-0.2, -0.15) is 5.26 Å². The third-order valence-electron chi connectivity index (χ3n) is 4.01. The maximum atomic E-state index is 9.43. The highest BCUT2D eigenvalue weighted by atomic mass is 15.3. The predicted octanol–water partition coefficient (Wildman–Crippen LogP) is 2.20. The van der Waals surface area contributed by atoms with Crippen molar-refractivity contribution in [2.45, 2.75) is 26.8 Å². The monoisotopic (exact) mass is 286 g/mol. The molecular formula is C17H26N4. The molecule has 114 valence electrons. The van der Waals surface area contributed by atoms with Gasteiger partial charge in [0.1, 0.15) is 6.07 Å². The van der Waals surface area contributed by atoms with Crippen molar-refractivity contribution in [3.8, 4) is 6.07 Å². The Balaban J connectivity index is 2.05. The number of nitrogens with zero attached hydrogens (tertiary/aromatic N) is 3. The fraction of sp³-hybridized carbons (Fsp3) is 0.588. The van der Waals surface area contributed by atoms with Gasteiger partial charge >= 0.3 is 0 Å². The van der Waals surface area contributed by atoms with E-state index in [-0.39, 0.29) is 0 Å². The Bertz CT molecular complexity index is 484. The van der Waals surface area contributed by atoms with Crippen LogP contribution in [0.4, 0.5) is 5.69 Å². The van der Waals surface area contributed by atoms with Crippen molar-refractivity contribution in [2.75, 3.05) is 44.2 Å². The summed E-state index contributed by atoms with van der Waals surface area (Å²) < 4.78 is 0. The van der Waals surface area contributed by atoms with E-state index in [0.717, 1.165) is 50.5 Å². The Labute approximate surface area is 128 Å². The van der Waals surface area contributed by atoms with Crippen molar-refractivity contribution in [3.05, 3.63) is 29.3 Å². The highest BCUT2D eigenvalue weighted by Gasteiger charge is 2.18. The average Bonchev–Trinajstić information content (AvgIpc) is 2.54. The summed E-state index contributed by atoms with van der Waals surface area (Å²) in [6, 6.07) is 8.64. The highest BCUT2D eigenvalue weighted by Crippen LogP contribution is 2.23. The third-order valence-corrected chi connectivity index (χ3v) is 4.01. The number of nitrogens with one attached hydrogen (secondary N) is 1. The molecule has 0 saturated carbocycles. The molecule has 1 aromatic rings. The number of benzene rings is 1. The van der Waals surface area contributed by atoms with Gasteiger partial charge in [-0.25, -0.2) is 0 Å². The van der Waals surface area contributed by atoms with Gasteiger partial charge in [-0.1, -0.05) is 19.9 Å². The van der Waals surface area contributed by atoms with E-state index in [2.05, 4.69) is 47.2 Å². The summed E-state index contributed by atoms with van der Waals surface area (Å²) in [5.41, 5.74) is 3.07. The van der Waals surface area contributed by atoms with Crippen LogP contribution in [0.15, 0.2) is 18.2 Å². The van der Waals surface area contributed by atoms with Gasteiger partial charge < -0.3 is 10.2 Å². The molecule has 0 unspecified atom stereocenters. The Morgan fingerprint density at radius 2 is 1.95 bits per heavy atom. The lowest BCUT2D eigenvalue weighted by Crippen LogP contribution is -2.46. The molecule has 0 aliphatic carbocycles. The predicted molar refractivity (Wildman–Crippen MR) is 87.5 cm³/mol. The lowest BCUT2D eigenvalue weighted by atomic mass is 10.1. The second-order valence-corrected chi connectivity index (χ2v) is 5.57. The molecule has 1 heterocycles. The minimum Gasteiger partial charge on any atom is -0.368 e. The number of nitriles is 1. The summed E-state index contributed by atoms with van der Waals surface area (Å²) in [6.07, 6.45) is 1.21. The third kappa shape index (κ3) is 4.20. The number of anilines is 1. The maximum absolute atomic E-state index is 9.43. The van der Waals surface area contributed by atoms with Crippen LogP contribution in [-0.2, 0) is 6.54 Å². The molecule has 2 rings (SSSR count). The molecule has 1 aromatic carbocycles. The van der Waals surface area contributed by atoms with Crippen molar-refractivity contribution in [1.82, 2.24) is 10.2 Å². The van der Waals surface area contributed by atoms with Crippen LogP contribution >= 0.6 is 0 Å². The van der Waals surface area contributed by atoms with E-state index >= 15 is 0 Å². The van der Waals surface area contributed by atoms with E-state index in [1.165, 1.54) is 18.5 Å². The second-order valence-electron chi connectivity index (χ2n) is 5.57. The molecule has 0 bridgehead atoms. The standard InChI is InChI=1S/C17H26N4/c1-3-7-20-8-10-21(11-9-20)17-6-5-15(14-19-4-2)12-16(17)13-18/h5-6,12,19H,3-4,7-11,14H2,1-2H3. The first kappa shape index (κ1) is 15.8. The fourth-order valence-electron chi connectivity index (χ4n) is 2.86. The summed E-state index contributed by atoms with van der Waals surface area (Å²) in [6.45, 7) is 11.5. The molecule has 1 aliphatic heterocycles. The lowest BCUT2D eigenvalue weighted by molar-refractivity contribution is 0.258. The SMILES string of the molecule is CCCN1CCN(c2ccc(CNCC)cc2C#N)CC1. The van der Waals surface area contributed by atoms with Gasteiger partial charge in [0.2, 0.25) is 0 Å². The molecule has 0 aromatic heterocycles. The van der Waals surface area contributed by atoms with Gasteiger partial charge in [-0.15, -0.1) is 0 Å². The van der Waals surface area contributed by atoms with Crippen molar-refractivity contribution in [3.63, 3.8) is 0 Å². The Morgan fingerprint density at radius 3 is 2.57 bits per heavy atom. The van der Waals surface area contributed by atoms with Gasteiger partial charge in [0.15, 0.2) is 0 Å². The quantitative estimate of drug-likeness (QED) is 0.870. The van der Waals surface area contributed by atoms with Crippen LogP contribution in [0.3, 0.4) is 0 Å². The van der Waals surface area contributed by atoms with Crippen LogP contribution in [0.25, 0.3) is 0 Å². The largest absolute Gasteiger partial charge is 0.368 e. The lowest BCUT2D eigenvalue weighted by Gasteiger charge is -2.36. The summed E-state index contributed by atoms with van der Waals surface area (Å²) in [4.78, 5) is 4.85. The smallest absolute Gasteiger partial charge is 0.101 e. The normalized spacial score (nSPS) is 16.0. The maximum Gasteiger partial charge on any atom is 0.101 e. The summed E-state index contributed by atoms with van der Waals surface area (Å²) in [7, 11) is 0. The van der Waals surface area contributed by atoms with E-state index in [1.807, 2.05) is 6.07 Å². The molecule has 0 spiro atoms. The molecule has 1 fully saturated rings. The van der Waals surface area contributed by atoms with Gasteiger partial charge in [0.05, 0.1) is 11.3 Å². The summed E-state index contributed by atoms with van der Waals surface area (Å²) in [5, 5.41) is 12.7. The van der Waals surface area contributed by atoms with E-state index in [9.17, 15) is 5.26 Å². The average molecular weight is 286 g/mol. The molecule has 4 heteroatoms. The molecule has 0 amide bonds. The Morgan fingerprint density at radius 1 is 1.19 bits per heavy atom. The zero-order valence-electron chi connectivity index (χ0n) is 13.2. The summed E-state index contributed by atoms with van der Waals surface area (Å²) in [5.74, 6) is 0. The first-order chi connectivity index (χ1) is 10.3. The van der Waals surface area contributed by atoms with Crippen molar-refractivity contribution in [1.29, 1.82) is 5.26 Å². The van der Waals surface area contributed by atoms with E-state index in [0.29, 0.717) is 0 Å². The van der Waals surface area contributed by atoms with E-state index < -0.39 is 0 Å². The number of hydrogen-bond acceptors (Lipinski definition) is 4. The highest BCUT2D eigenvalue weighted by molar-refractivity contribution is 5.60. The topological polar surface area (TPSA) is 42.3 Å². The molecule has 0 radical (unpaired) electrons. The molecule has 21 heavy (non-hydrogen) atoms. The molecule has 1 aliphatic rings. The van der Waals surface area contributed by atoms with Crippen LogP contribution < -0.4 is 10.2 Å². The number of hydrogen-bond donors (Lipinski definition) is 1. The first-order valence-corrected chi connectivity index (χ1v) is 7.99. The Hall–Kier alpha value is -1.57. The number of piperazine rings is 1. The second kappa shape index (κ2) is 8.02.